The van der Waals surface area contributed by atoms with Gasteiger partial charge in [0.2, 0.25) is 0 Å². The van der Waals surface area contributed by atoms with E-state index in [1.54, 1.807) is 6.20 Å². The van der Waals surface area contributed by atoms with Crippen LogP contribution in [-0.4, -0.2) is 28.3 Å². The highest BCUT2D eigenvalue weighted by Crippen LogP contribution is 2.23. The molecule has 1 aromatic rings. The molecule has 1 unspecified atom stereocenters. The van der Waals surface area contributed by atoms with Gasteiger partial charge in [0.05, 0.1) is 0 Å². The summed E-state index contributed by atoms with van der Waals surface area (Å²) >= 11 is 0. The number of hydrogen-bond donors (Lipinski definition) is 1. The Hall–Kier alpha value is -1.04. The van der Waals surface area contributed by atoms with Crippen molar-refractivity contribution < 1.29 is 13.2 Å². The quantitative estimate of drug-likeness (QED) is 0.819. The molecule has 0 saturated heterocycles. The summed E-state index contributed by atoms with van der Waals surface area (Å²) in [4.78, 5) is 4.20. The van der Waals surface area contributed by atoms with Gasteiger partial charge in [-0.05, 0) is 19.9 Å². The lowest BCUT2D eigenvalue weighted by atomic mass is 10.1. The van der Waals surface area contributed by atoms with E-state index in [9.17, 15) is 13.2 Å². The van der Waals surface area contributed by atoms with Gasteiger partial charge in [0, 0.05) is 37.8 Å². The average Bonchev–Trinajstić information content (AvgIpc) is 2.72. The fraction of sp³-hybridized carbons (Fsp3) is 0.750. The highest BCUT2D eigenvalue weighted by atomic mass is 19.4. The Morgan fingerprint density at radius 3 is 2.67 bits per heavy atom. The van der Waals surface area contributed by atoms with E-state index in [0.717, 1.165) is 12.4 Å². The van der Waals surface area contributed by atoms with E-state index >= 15 is 0 Å². The topological polar surface area (TPSA) is 29.9 Å². The molecule has 0 aliphatic heterocycles. The van der Waals surface area contributed by atoms with Crippen molar-refractivity contribution in [3.8, 4) is 0 Å². The lowest BCUT2D eigenvalue weighted by molar-refractivity contribution is -0.136. The summed E-state index contributed by atoms with van der Waals surface area (Å²) < 4.78 is 38.7. The Kier molecular flexibility index (Phi) is 5.65. The average molecular weight is 263 g/mol. The van der Waals surface area contributed by atoms with Crippen LogP contribution in [0.5, 0.6) is 0 Å². The zero-order chi connectivity index (χ0) is 13.6. The third kappa shape index (κ3) is 5.08. The van der Waals surface area contributed by atoms with Gasteiger partial charge in [-0.3, -0.25) is 0 Å². The van der Waals surface area contributed by atoms with Gasteiger partial charge in [-0.25, -0.2) is 4.98 Å². The first-order chi connectivity index (χ1) is 8.46. The lowest BCUT2D eigenvalue weighted by Crippen LogP contribution is -2.33. The van der Waals surface area contributed by atoms with Gasteiger partial charge in [0.1, 0.15) is 5.82 Å². The van der Waals surface area contributed by atoms with Crippen LogP contribution < -0.4 is 5.32 Å². The maximum absolute atomic E-state index is 12.2. The molecule has 0 radical (unpaired) electrons. The Balaban J connectivity index is 2.57. The minimum atomic E-state index is -4.09. The fourth-order valence-electron chi connectivity index (χ4n) is 1.94. The van der Waals surface area contributed by atoms with Gasteiger partial charge in [0.15, 0.2) is 0 Å². The van der Waals surface area contributed by atoms with E-state index in [2.05, 4.69) is 10.3 Å². The minimum Gasteiger partial charge on any atom is -0.335 e. The summed E-state index contributed by atoms with van der Waals surface area (Å²) in [5.74, 6) is 0.839. The molecule has 1 rings (SSSR count). The Morgan fingerprint density at radius 1 is 1.39 bits per heavy atom. The second-order valence-electron chi connectivity index (χ2n) is 4.24. The molecule has 3 nitrogen and oxygen atoms in total. The van der Waals surface area contributed by atoms with Crippen LogP contribution >= 0.6 is 0 Å². The summed E-state index contributed by atoms with van der Waals surface area (Å²) in [6.07, 6.45) is -0.683. The minimum absolute atomic E-state index is 0.0912. The molecule has 104 valence electrons. The number of nitrogens with zero attached hydrogens (tertiary/aromatic N) is 2. The Labute approximate surface area is 105 Å². The predicted octanol–water partition coefficient (Wildman–Crippen LogP) is 2.77. The second-order valence-corrected chi connectivity index (χ2v) is 4.24. The molecule has 0 aliphatic rings. The van der Waals surface area contributed by atoms with Crippen molar-refractivity contribution in [1.82, 2.24) is 14.9 Å². The van der Waals surface area contributed by atoms with Crippen molar-refractivity contribution in [3.63, 3.8) is 0 Å². The number of aromatic nitrogens is 2. The van der Waals surface area contributed by atoms with Crippen LogP contribution in [0.25, 0.3) is 0 Å². The molecule has 1 aromatic heterocycles. The van der Waals surface area contributed by atoms with Crippen LogP contribution in [0.4, 0.5) is 13.2 Å². The van der Waals surface area contributed by atoms with Crippen LogP contribution in [-0.2, 0) is 13.0 Å². The summed E-state index contributed by atoms with van der Waals surface area (Å²) in [5.41, 5.74) is 0. The van der Waals surface area contributed by atoms with Crippen molar-refractivity contribution in [2.45, 2.75) is 51.9 Å². The summed E-state index contributed by atoms with van der Waals surface area (Å²) in [6, 6.07) is -0.177. The summed E-state index contributed by atoms with van der Waals surface area (Å²) in [7, 11) is 0. The molecule has 0 amide bonds. The standard InChI is InChI=1S/C12H20F3N3/c1-3-16-10(5-6-12(13,14)15)9-11-17-7-8-18(11)4-2/h7-8,10,16H,3-6,9H2,1-2H3. The fourth-order valence-corrected chi connectivity index (χ4v) is 1.94. The second kappa shape index (κ2) is 6.78. The number of nitrogens with one attached hydrogen (secondary N) is 1. The molecule has 18 heavy (non-hydrogen) atoms. The smallest absolute Gasteiger partial charge is 0.335 e. The van der Waals surface area contributed by atoms with Crippen molar-refractivity contribution >= 4 is 0 Å². The molecule has 0 spiro atoms. The van der Waals surface area contributed by atoms with Crippen molar-refractivity contribution in [2.24, 2.45) is 0 Å². The Bertz CT molecular complexity index is 347. The zero-order valence-electron chi connectivity index (χ0n) is 10.8. The highest BCUT2D eigenvalue weighted by molar-refractivity contribution is 4.95. The third-order valence-electron chi connectivity index (χ3n) is 2.84. The van der Waals surface area contributed by atoms with Crippen LogP contribution in [0.1, 0.15) is 32.5 Å². The number of halogens is 3. The molecule has 0 aliphatic carbocycles. The molecular formula is C12H20F3N3. The van der Waals surface area contributed by atoms with E-state index in [1.807, 2.05) is 24.6 Å². The molecule has 1 atom stereocenters. The number of hydrogen-bond acceptors (Lipinski definition) is 2. The first-order valence-electron chi connectivity index (χ1n) is 6.26. The first kappa shape index (κ1) is 15.0. The van der Waals surface area contributed by atoms with Gasteiger partial charge in [-0.15, -0.1) is 0 Å². The van der Waals surface area contributed by atoms with Gasteiger partial charge < -0.3 is 9.88 Å². The van der Waals surface area contributed by atoms with Gasteiger partial charge in [0.25, 0.3) is 0 Å². The van der Waals surface area contributed by atoms with E-state index in [0.29, 0.717) is 13.0 Å². The van der Waals surface area contributed by atoms with Crippen molar-refractivity contribution in [3.05, 3.63) is 18.2 Å². The molecule has 6 heteroatoms. The van der Waals surface area contributed by atoms with Crippen LogP contribution in [0, 0.1) is 0 Å². The molecule has 1 heterocycles. The maximum Gasteiger partial charge on any atom is 0.389 e. The molecule has 0 saturated carbocycles. The van der Waals surface area contributed by atoms with Crippen molar-refractivity contribution in [1.29, 1.82) is 0 Å². The number of imidazole rings is 1. The van der Waals surface area contributed by atoms with E-state index < -0.39 is 12.6 Å². The summed E-state index contributed by atoms with van der Waals surface area (Å²) in [5, 5.41) is 3.09. The monoisotopic (exact) mass is 263 g/mol. The van der Waals surface area contributed by atoms with Crippen LogP contribution in [0.15, 0.2) is 12.4 Å². The normalized spacial score (nSPS) is 13.8. The van der Waals surface area contributed by atoms with Crippen LogP contribution in [0.2, 0.25) is 0 Å². The SMILES string of the molecule is CCNC(CCC(F)(F)F)Cc1nccn1CC. The number of rotatable bonds is 7. The number of alkyl halides is 3. The van der Waals surface area contributed by atoms with Crippen molar-refractivity contribution in [2.75, 3.05) is 6.54 Å². The molecule has 0 fully saturated rings. The molecule has 1 N–H and O–H groups in total. The summed E-state index contributed by atoms with van der Waals surface area (Å²) in [6.45, 7) is 5.33. The number of aryl methyl sites for hydroxylation is 1. The molecule has 0 bridgehead atoms. The first-order valence-corrected chi connectivity index (χ1v) is 6.26. The Morgan fingerprint density at radius 2 is 2.11 bits per heavy atom. The van der Waals surface area contributed by atoms with Gasteiger partial charge in [-0.2, -0.15) is 13.2 Å². The van der Waals surface area contributed by atoms with Gasteiger partial charge >= 0.3 is 6.18 Å². The maximum atomic E-state index is 12.2. The van der Waals surface area contributed by atoms with E-state index in [1.165, 1.54) is 0 Å². The molecular weight excluding hydrogens is 243 g/mol. The van der Waals surface area contributed by atoms with E-state index in [4.69, 9.17) is 0 Å². The predicted molar refractivity (Wildman–Crippen MR) is 64.4 cm³/mol. The van der Waals surface area contributed by atoms with Crippen LogP contribution in [0.3, 0.4) is 0 Å². The lowest BCUT2D eigenvalue weighted by Gasteiger charge is -2.18. The third-order valence-corrected chi connectivity index (χ3v) is 2.84. The van der Waals surface area contributed by atoms with Gasteiger partial charge in [-0.1, -0.05) is 6.92 Å². The highest BCUT2D eigenvalue weighted by Gasteiger charge is 2.28. The number of likely N-dealkylation sites (N-methyl/N-ethyl adjacent to an activating group) is 1. The van der Waals surface area contributed by atoms with E-state index in [-0.39, 0.29) is 12.5 Å². The largest absolute Gasteiger partial charge is 0.389 e. The zero-order valence-corrected chi connectivity index (χ0v) is 10.8. The molecule has 0 aromatic carbocycles.